The summed E-state index contributed by atoms with van der Waals surface area (Å²) in [6.07, 6.45) is 3.33. The predicted molar refractivity (Wildman–Crippen MR) is 113 cm³/mol. The van der Waals surface area contributed by atoms with Gasteiger partial charge >= 0.3 is 0 Å². The second-order valence-electron chi connectivity index (χ2n) is 5.90. The SMILES string of the molecule is Cl.N=C(N)c1ccc(NCCCCCNc2ccc(C(=N)N)cc2)cc1. The third-order valence-corrected chi connectivity index (χ3v) is 3.90. The molecule has 0 fully saturated rings. The lowest BCUT2D eigenvalue weighted by atomic mass is 10.2. The smallest absolute Gasteiger partial charge is 0.122 e. The molecule has 7 heteroatoms. The Kier molecular flexibility index (Phi) is 9.01. The third kappa shape index (κ3) is 7.03. The Balaban J connectivity index is 0.00000338. The molecule has 0 saturated heterocycles. The molecule has 140 valence electrons. The summed E-state index contributed by atoms with van der Waals surface area (Å²) in [7, 11) is 0. The molecule has 2 aromatic carbocycles. The van der Waals surface area contributed by atoms with Crippen LogP contribution in [0.1, 0.15) is 30.4 Å². The standard InChI is InChI=1S/C19H26N6.ClH/c20-18(21)14-4-8-16(9-5-14)24-12-2-1-3-13-25-17-10-6-15(7-11-17)19(22)23;/h4-11,24-25H,1-3,12-13H2,(H3,20,21)(H3,22,23);1H. The van der Waals surface area contributed by atoms with Crippen LogP contribution < -0.4 is 22.1 Å². The lowest BCUT2D eigenvalue weighted by Crippen LogP contribution is -2.11. The van der Waals surface area contributed by atoms with Crippen molar-refractivity contribution in [2.75, 3.05) is 23.7 Å². The van der Waals surface area contributed by atoms with E-state index in [0.29, 0.717) is 0 Å². The van der Waals surface area contributed by atoms with Crippen molar-refractivity contribution < 1.29 is 0 Å². The summed E-state index contributed by atoms with van der Waals surface area (Å²) < 4.78 is 0. The molecule has 0 aliphatic rings. The molecule has 6 nitrogen and oxygen atoms in total. The largest absolute Gasteiger partial charge is 0.385 e. The molecule has 0 amide bonds. The van der Waals surface area contributed by atoms with Gasteiger partial charge in [0.15, 0.2) is 0 Å². The molecular weight excluding hydrogens is 348 g/mol. The summed E-state index contributed by atoms with van der Waals surface area (Å²) in [6.45, 7) is 1.85. The second-order valence-corrected chi connectivity index (χ2v) is 5.90. The van der Waals surface area contributed by atoms with E-state index in [1.165, 1.54) is 0 Å². The van der Waals surface area contributed by atoms with Gasteiger partial charge in [0, 0.05) is 35.6 Å². The summed E-state index contributed by atoms with van der Waals surface area (Å²) >= 11 is 0. The average molecular weight is 375 g/mol. The number of nitrogens with one attached hydrogen (secondary N) is 4. The van der Waals surface area contributed by atoms with Gasteiger partial charge in [-0.05, 0) is 67.8 Å². The zero-order valence-corrected chi connectivity index (χ0v) is 15.5. The van der Waals surface area contributed by atoms with Gasteiger partial charge in [0.1, 0.15) is 11.7 Å². The minimum absolute atomic E-state index is 0. The summed E-state index contributed by atoms with van der Waals surface area (Å²) in [5.41, 5.74) is 14.5. The zero-order chi connectivity index (χ0) is 18.1. The van der Waals surface area contributed by atoms with Gasteiger partial charge in [-0.15, -0.1) is 12.4 Å². The van der Waals surface area contributed by atoms with Crippen LogP contribution in [-0.4, -0.2) is 24.8 Å². The maximum Gasteiger partial charge on any atom is 0.122 e. The predicted octanol–water partition coefficient (Wildman–Crippen LogP) is 3.37. The van der Waals surface area contributed by atoms with Crippen LogP contribution in [0.15, 0.2) is 48.5 Å². The van der Waals surface area contributed by atoms with Crippen molar-refractivity contribution in [1.29, 1.82) is 10.8 Å². The van der Waals surface area contributed by atoms with Crippen LogP contribution in [0, 0.1) is 10.8 Å². The highest BCUT2D eigenvalue weighted by molar-refractivity contribution is 5.95. The maximum atomic E-state index is 7.37. The number of unbranched alkanes of at least 4 members (excludes halogenated alkanes) is 2. The van der Waals surface area contributed by atoms with Gasteiger partial charge in [-0.1, -0.05) is 0 Å². The Morgan fingerprint density at radius 2 is 1.00 bits per heavy atom. The zero-order valence-electron chi connectivity index (χ0n) is 14.7. The van der Waals surface area contributed by atoms with Crippen molar-refractivity contribution in [1.82, 2.24) is 0 Å². The van der Waals surface area contributed by atoms with Gasteiger partial charge in [-0.3, -0.25) is 10.8 Å². The number of benzene rings is 2. The molecule has 2 aromatic rings. The van der Waals surface area contributed by atoms with Crippen molar-refractivity contribution in [2.24, 2.45) is 11.5 Å². The Labute approximate surface area is 160 Å². The first-order valence-electron chi connectivity index (χ1n) is 8.43. The number of halogens is 1. The van der Waals surface area contributed by atoms with Crippen molar-refractivity contribution in [3.63, 3.8) is 0 Å². The Morgan fingerprint density at radius 3 is 1.31 bits per heavy atom. The molecule has 0 atom stereocenters. The summed E-state index contributed by atoms with van der Waals surface area (Å²) in [5.74, 6) is 0.185. The van der Waals surface area contributed by atoms with E-state index >= 15 is 0 Å². The molecular formula is C19H27ClN6. The fraction of sp³-hybridized carbons (Fsp3) is 0.263. The first kappa shape index (κ1) is 21.3. The van der Waals surface area contributed by atoms with Crippen molar-refractivity contribution in [2.45, 2.75) is 19.3 Å². The number of nitrogen functional groups attached to an aromatic ring is 2. The summed E-state index contributed by atoms with van der Waals surface area (Å²) in [4.78, 5) is 0. The van der Waals surface area contributed by atoms with Crippen molar-refractivity contribution in [3.8, 4) is 0 Å². The molecule has 26 heavy (non-hydrogen) atoms. The van der Waals surface area contributed by atoms with E-state index in [-0.39, 0.29) is 24.1 Å². The van der Waals surface area contributed by atoms with Gasteiger partial charge in [0.05, 0.1) is 0 Å². The van der Waals surface area contributed by atoms with Gasteiger partial charge in [-0.2, -0.15) is 0 Å². The summed E-state index contributed by atoms with van der Waals surface area (Å²) in [5, 5.41) is 21.5. The normalized spacial score (nSPS) is 9.85. The molecule has 0 heterocycles. The third-order valence-electron chi connectivity index (χ3n) is 3.90. The molecule has 0 saturated carbocycles. The molecule has 0 spiro atoms. The van der Waals surface area contributed by atoms with Crippen LogP contribution in [0.5, 0.6) is 0 Å². The number of amidine groups is 2. The van der Waals surface area contributed by atoms with Gasteiger partial charge < -0.3 is 22.1 Å². The van der Waals surface area contributed by atoms with E-state index in [9.17, 15) is 0 Å². The van der Waals surface area contributed by atoms with E-state index in [0.717, 1.165) is 54.9 Å². The molecule has 0 aromatic heterocycles. The Hall–Kier alpha value is -2.73. The fourth-order valence-corrected chi connectivity index (χ4v) is 2.43. The number of hydrogen-bond donors (Lipinski definition) is 6. The molecule has 0 bridgehead atoms. The highest BCUT2D eigenvalue weighted by Gasteiger charge is 1.98. The molecule has 0 aliphatic carbocycles. The number of nitrogens with two attached hydrogens (primary N) is 2. The number of rotatable bonds is 10. The first-order valence-corrected chi connectivity index (χ1v) is 8.43. The van der Waals surface area contributed by atoms with Crippen LogP contribution in [0.2, 0.25) is 0 Å². The van der Waals surface area contributed by atoms with E-state index in [1.54, 1.807) is 0 Å². The minimum atomic E-state index is 0. The molecule has 8 N–H and O–H groups in total. The molecule has 0 radical (unpaired) electrons. The fourth-order valence-electron chi connectivity index (χ4n) is 2.43. The van der Waals surface area contributed by atoms with Crippen LogP contribution in [0.3, 0.4) is 0 Å². The topological polar surface area (TPSA) is 124 Å². The number of anilines is 2. The lowest BCUT2D eigenvalue weighted by molar-refractivity contribution is 0.721. The highest BCUT2D eigenvalue weighted by Crippen LogP contribution is 2.11. The highest BCUT2D eigenvalue weighted by atomic mass is 35.5. The van der Waals surface area contributed by atoms with Gasteiger partial charge in [0.2, 0.25) is 0 Å². The van der Waals surface area contributed by atoms with Crippen molar-refractivity contribution in [3.05, 3.63) is 59.7 Å². The van der Waals surface area contributed by atoms with E-state index in [4.69, 9.17) is 22.3 Å². The Bertz CT molecular complexity index is 635. The first-order chi connectivity index (χ1) is 12.1. The van der Waals surface area contributed by atoms with E-state index < -0.39 is 0 Å². The van der Waals surface area contributed by atoms with Gasteiger partial charge in [-0.25, -0.2) is 0 Å². The van der Waals surface area contributed by atoms with E-state index in [2.05, 4.69) is 10.6 Å². The monoisotopic (exact) mass is 374 g/mol. The average Bonchev–Trinajstić information content (AvgIpc) is 2.61. The lowest BCUT2D eigenvalue weighted by Gasteiger charge is -2.09. The van der Waals surface area contributed by atoms with Crippen LogP contribution >= 0.6 is 12.4 Å². The molecule has 2 rings (SSSR count). The van der Waals surface area contributed by atoms with E-state index in [1.807, 2.05) is 48.5 Å². The quantitative estimate of drug-likeness (QED) is 0.217. The Morgan fingerprint density at radius 1 is 0.654 bits per heavy atom. The minimum Gasteiger partial charge on any atom is -0.385 e. The maximum absolute atomic E-state index is 7.37. The van der Waals surface area contributed by atoms with Crippen LogP contribution in [0.4, 0.5) is 11.4 Å². The number of hydrogen-bond acceptors (Lipinski definition) is 4. The van der Waals surface area contributed by atoms with Crippen molar-refractivity contribution >= 4 is 35.5 Å². The van der Waals surface area contributed by atoms with Crippen LogP contribution in [-0.2, 0) is 0 Å². The second kappa shape index (κ2) is 11.0. The summed E-state index contributed by atoms with van der Waals surface area (Å²) in [6, 6.07) is 15.2. The van der Waals surface area contributed by atoms with Crippen LogP contribution in [0.25, 0.3) is 0 Å². The molecule has 0 aliphatic heterocycles. The van der Waals surface area contributed by atoms with Gasteiger partial charge in [0.25, 0.3) is 0 Å². The molecule has 0 unspecified atom stereocenters.